The second-order valence-electron chi connectivity index (χ2n) is 5.55. The fourth-order valence-corrected chi connectivity index (χ4v) is 3.85. The lowest BCUT2D eigenvalue weighted by molar-refractivity contribution is -0.124. The number of carbonyl (C=O) groups excluding carboxylic acids is 2. The predicted octanol–water partition coefficient (Wildman–Crippen LogP) is 3.20. The predicted molar refractivity (Wildman–Crippen MR) is 90.7 cm³/mol. The highest BCUT2D eigenvalue weighted by molar-refractivity contribution is 7.17. The van der Waals surface area contributed by atoms with Gasteiger partial charge in [-0.15, -0.1) is 11.3 Å². The molecule has 1 heterocycles. The number of benzene rings is 1. The van der Waals surface area contributed by atoms with Crippen molar-refractivity contribution in [1.82, 2.24) is 5.32 Å². The van der Waals surface area contributed by atoms with Crippen LogP contribution in [0.15, 0.2) is 30.3 Å². The van der Waals surface area contributed by atoms with Crippen LogP contribution >= 0.6 is 11.3 Å². The van der Waals surface area contributed by atoms with Gasteiger partial charge in [0.05, 0.1) is 0 Å². The van der Waals surface area contributed by atoms with E-state index in [0.717, 1.165) is 24.1 Å². The molecule has 0 saturated heterocycles. The van der Waals surface area contributed by atoms with Crippen LogP contribution in [0, 0.1) is 0 Å². The summed E-state index contributed by atoms with van der Waals surface area (Å²) < 4.78 is 5.11. The van der Waals surface area contributed by atoms with Gasteiger partial charge in [-0.25, -0.2) is 4.79 Å². The van der Waals surface area contributed by atoms with E-state index in [1.807, 2.05) is 25.1 Å². The van der Waals surface area contributed by atoms with Gasteiger partial charge in [-0.05, 0) is 42.0 Å². The summed E-state index contributed by atoms with van der Waals surface area (Å²) in [5.41, 5.74) is 3.72. The van der Waals surface area contributed by atoms with E-state index in [4.69, 9.17) is 4.74 Å². The van der Waals surface area contributed by atoms with E-state index in [9.17, 15) is 9.59 Å². The SMILES string of the molecule is CCCNC(=O)COC(=O)c1cc2c(s1)-c1ccccc1CC2. The molecule has 1 aromatic heterocycles. The fourth-order valence-electron chi connectivity index (χ4n) is 2.69. The van der Waals surface area contributed by atoms with E-state index in [1.165, 1.54) is 28.0 Å². The fraction of sp³-hybridized carbons (Fsp3) is 0.333. The summed E-state index contributed by atoms with van der Waals surface area (Å²) in [6.45, 7) is 2.35. The number of amides is 1. The Balaban J connectivity index is 1.70. The van der Waals surface area contributed by atoms with Crippen molar-refractivity contribution in [1.29, 1.82) is 0 Å². The summed E-state index contributed by atoms with van der Waals surface area (Å²) in [7, 11) is 0. The highest BCUT2D eigenvalue weighted by Crippen LogP contribution is 2.39. The van der Waals surface area contributed by atoms with Crippen LogP contribution in [0.5, 0.6) is 0 Å². The number of fused-ring (bicyclic) bond motifs is 3. The zero-order chi connectivity index (χ0) is 16.2. The smallest absolute Gasteiger partial charge is 0.348 e. The maximum absolute atomic E-state index is 12.2. The van der Waals surface area contributed by atoms with E-state index >= 15 is 0 Å². The van der Waals surface area contributed by atoms with E-state index in [-0.39, 0.29) is 12.5 Å². The Morgan fingerprint density at radius 2 is 2.00 bits per heavy atom. The summed E-state index contributed by atoms with van der Waals surface area (Å²) in [6, 6.07) is 10.2. The lowest BCUT2D eigenvalue weighted by Crippen LogP contribution is -2.29. The molecule has 0 fully saturated rings. The van der Waals surface area contributed by atoms with Crippen LogP contribution in [0.2, 0.25) is 0 Å². The Morgan fingerprint density at radius 3 is 2.83 bits per heavy atom. The van der Waals surface area contributed by atoms with Crippen molar-refractivity contribution in [2.24, 2.45) is 0 Å². The van der Waals surface area contributed by atoms with Gasteiger partial charge in [-0.2, -0.15) is 0 Å². The van der Waals surface area contributed by atoms with Gasteiger partial charge in [-0.3, -0.25) is 4.79 Å². The molecular formula is C18H19NO3S. The minimum Gasteiger partial charge on any atom is -0.451 e. The number of carbonyl (C=O) groups is 2. The zero-order valence-electron chi connectivity index (χ0n) is 13.1. The molecule has 0 aliphatic heterocycles. The molecule has 1 aliphatic rings. The van der Waals surface area contributed by atoms with Gasteiger partial charge in [0.2, 0.25) is 0 Å². The molecule has 0 atom stereocenters. The number of aryl methyl sites for hydroxylation is 2. The summed E-state index contributed by atoms with van der Waals surface area (Å²) in [6.07, 6.45) is 2.79. The third kappa shape index (κ3) is 3.45. The third-order valence-electron chi connectivity index (χ3n) is 3.84. The van der Waals surface area contributed by atoms with Gasteiger partial charge in [0.25, 0.3) is 5.91 Å². The number of hydrogen-bond donors (Lipinski definition) is 1. The van der Waals surface area contributed by atoms with Crippen LogP contribution in [-0.4, -0.2) is 25.0 Å². The largest absolute Gasteiger partial charge is 0.451 e. The Labute approximate surface area is 139 Å². The van der Waals surface area contributed by atoms with Crippen LogP contribution in [0.4, 0.5) is 0 Å². The molecule has 5 heteroatoms. The van der Waals surface area contributed by atoms with Crippen LogP contribution < -0.4 is 5.32 Å². The number of ether oxygens (including phenoxy) is 1. The van der Waals surface area contributed by atoms with Crippen LogP contribution in [-0.2, 0) is 22.4 Å². The topological polar surface area (TPSA) is 55.4 Å². The van der Waals surface area contributed by atoms with Crippen LogP contribution in [0.25, 0.3) is 10.4 Å². The molecule has 0 unspecified atom stereocenters. The third-order valence-corrected chi connectivity index (χ3v) is 5.03. The molecule has 23 heavy (non-hydrogen) atoms. The minimum atomic E-state index is -0.423. The van der Waals surface area contributed by atoms with Crippen molar-refractivity contribution in [3.63, 3.8) is 0 Å². The first-order chi connectivity index (χ1) is 11.2. The molecule has 1 aromatic carbocycles. The number of esters is 1. The second-order valence-corrected chi connectivity index (χ2v) is 6.60. The summed E-state index contributed by atoms with van der Waals surface area (Å²) >= 11 is 1.45. The normalized spacial score (nSPS) is 12.2. The lowest BCUT2D eigenvalue weighted by atomic mass is 9.91. The lowest BCUT2D eigenvalue weighted by Gasteiger charge is -2.15. The van der Waals surface area contributed by atoms with E-state index < -0.39 is 5.97 Å². The highest BCUT2D eigenvalue weighted by atomic mass is 32.1. The monoisotopic (exact) mass is 329 g/mol. The second kappa shape index (κ2) is 6.96. The molecule has 1 amide bonds. The number of nitrogens with one attached hydrogen (secondary N) is 1. The Hall–Kier alpha value is -2.14. The maximum Gasteiger partial charge on any atom is 0.348 e. The van der Waals surface area contributed by atoms with Crippen molar-refractivity contribution in [2.45, 2.75) is 26.2 Å². The van der Waals surface area contributed by atoms with E-state index in [0.29, 0.717) is 11.4 Å². The summed E-state index contributed by atoms with van der Waals surface area (Å²) in [4.78, 5) is 25.4. The molecule has 3 rings (SSSR count). The van der Waals surface area contributed by atoms with Crippen molar-refractivity contribution < 1.29 is 14.3 Å². The Bertz CT molecular complexity index is 736. The van der Waals surface area contributed by atoms with Gasteiger partial charge in [-0.1, -0.05) is 31.2 Å². The number of thiophene rings is 1. The van der Waals surface area contributed by atoms with Gasteiger partial charge in [0.15, 0.2) is 6.61 Å². The average molecular weight is 329 g/mol. The molecular weight excluding hydrogens is 310 g/mol. The Morgan fingerprint density at radius 1 is 1.22 bits per heavy atom. The first-order valence-electron chi connectivity index (χ1n) is 7.84. The van der Waals surface area contributed by atoms with Crippen LogP contribution in [0.1, 0.15) is 34.1 Å². The van der Waals surface area contributed by atoms with Gasteiger partial charge >= 0.3 is 5.97 Å². The molecule has 0 spiro atoms. The number of hydrogen-bond acceptors (Lipinski definition) is 4. The van der Waals surface area contributed by atoms with Crippen molar-refractivity contribution in [2.75, 3.05) is 13.2 Å². The molecule has 2 aromatic rings. The average Bonchev–Trinajstić information content (AvgIpc) is 3.02. The standard InChI is InChI=1S/C18H19NO3S/c1-2-9-19-16(20)11-22-18(21)15-10-13-8-7-12-5-3-4-6-14(12)17(13)23-15/h3-6,10H,2,7-9,11H2,1H3,(H,19,20). The molecule has 0 saturated carbocycles. The molecule has 1 N–H and O–H groups in total. The van der Waals surface area contributed by atoms with Crippen molar-refractivity contribution in [3.05, 3.63) is 46.3 Å². The Kier molecular flexibility index (Phi) is 4.76. The van der Waals surface area contributed by atoms with Crippen molar-refractivity contribution in [3.8, 4) is 10.4 Å². The van der Waals surface area contributed by atoms with Crippen molar-refractivity contribution >= 4 is 23.2 Å². The van der Waals surface area contributed by atoms with E-state index in [2.05, 4.69) is 17.4 Å². The van der Waals surface area contributed by atoms with Crippen LogP contribution in [0.3, 0.4) is 0 Å². The molecule has 0 bridgehead atoms. The highest BCUT2D eigenvalue weighted by Gasteiger charge is 2.22. The molecule has 120 valence electrons. The zero-order valence-corrected chi connectivity index (χ0v) is 13.9. The molecule has 4 nitrogen and oxygen atoms in total. The molecule has 1 aliphatic carbocycles. The van der Waals surface area contributed by atoms with Gasteiger partial charge < -0.3 is 10.1 Å². The van der Waals surface area contributed by atoms with Gasteiger partial charge in [0, 0.05) is 11.4 Å². The molecule has 0 radical (unpaired) electrons. The first-order valence-corrected chi connectivity index (χ1v) is 8.65. The quantitative estimate of drug-likeness (QED) is 0.857. The number of rotatable bonds is 5. The van der Waals surface area contributed by atoms with E-state index in [1.54, 1.807) is 0 Å². The summed E-state index contributed by atoms with van der Waals surface area (Å²) in [5.74, 6) is -0.680. The van der Waals surface area contributed by atoms with Gasteiger partial charge in [0.1, 0.15) is 4.88 Å². The summed E-state index contributed by atoms with van der Waals surface area (Å²) in [5, 5.41) is 2.69. The maximum atomic E-state index is 12.2. The first kappa shape index (κ1) is 15.7. The minimum absolute atomic E-state index is 0.224.